The average Bonchev–Trinajstić information content (AvgIpc) is 1.73. The van der Waals surface area contributed by atoms with Crippen molar-refractivity contribution in [2.24, 2.45) is 0 Å². The van der Waals surface area contributed by atoms with Crippen LogP contribution in [0.2, 0.25) is 0 Å². The molecule has 18 rings (SSSR count). The standard InChI is InChI=1S/C92H65N5/c1-60-91(61(2)93-62(3)92(60)76-56-85(59-86(57-76)97-89-34-18-16-32-87(89)88-33-17-19-35-90(88)97)96(81-46-40-67-24-8-14-30-73(67)52-81)82-47-41-68-25-9-15-31-74(68)53-82)75-54-83(94(77-42-36-63-20-4-10-26-69(63)48-77)78-43-37-64-21-5-11-27-70(64)49-78)58-84(55-75)95(79-44-38-65-22-6-12-28-71(65)50-79)80-45-39-66-23-7-13-29-72(66)51-80/h4-59H,1-3H3. The predicted molar refractivity (Wildman–Crippen MR) is 413 cm³/mol. The highest BCUT2D eigenvalue weighted by atomic mass is 15.2. The number of fused-ring (bicyclic) bond motifs is 9. The summed E-state index contributed by atoms with van der Waals surface area (Å²) in [6, 6.07) is 125. The summed E-state index contributed by atoms with van der Waals surface area (Å²) < 4.78 is 2.46. The average molecular weight is 1240 g/mol. The van der Waals surface area contributed by atoms with E-state index < -0.39 is 0 Å². The molecule has 0 bridgehead atoms. The van der Waals surface area contributed by atoms with E-state index in [9.17, 15) is 0 Å². The summed E-state index contributed by atoms with van der Waals surface area (Å²) in [5.41, 5.74) is 19.9. The molecule has 18 aromatic rings. The molecule has 2 heterocycles. The van der Waals surface area contributed by atoms with Crippen molar-refractivity contribution in [1.29, 1.82) is 0 Å². The van der Waals surface area contributed by atoms with Gasteiger partial charge in [-0.2, -0.15) is 0 Å². The Morgan fingerprint density at radius 1 is 0.227 bits per heavy atom. The number of pyridine rings is 1. The minimum Gasteiger partial charge on any atom is -0.310 e. The third-order valence-electron chi connectivity index (χ3n) is 19.8. The van der Waals surface area contributed by atoms with E-state index >= 15 is 0 Å². The molecule has 0 N–H and O–H groups in total. The van der Waals surface area contributed by atoms with Crippen LogP contribution in [0.5, 0.6) is 0 Å². The van der Waals surface area contributed by atoms with Crippen LogP contribution in [0.1, 0.15) is 17.0 Å². The van der Waals surface area contributed by atoms with E-state index in [1.54, 1.807) is 0 Å². The highest BCUT2D eigenvalue weighted by molar-refractivity contribution is 6.10. The quantitative estimate of drug-likeness (QED) is 0.122. The first-order chi connectivity index (χ1) is 47.8. The Kier molecular flexibility index (Phi) is 13.8. The van der Waals surface area contributed by atoms with Gasteiger partial charge in [-0.3, -0.25) is 4.98 Å². The third kappa shape index (κ3) is 10.2. The monoisotopic (exact) mass is 1240 g/mol. The van der Waals surface area contributed by atoms with Crippen molar-refractivity contribution < 1.29 is 0 Å². The smallest absolute Gasteiger partial charge is 0.0541 e. The van der Waals surface area contributed by atoms with Gasteiger partial charge in [0.2, 0.25) is 0 Å². The molecule has 0 aliphatic heterocycles. The summed E-state index contributed by atoms with van der Waals surface area (Å²) in [6.07, 6.45) is 0. The molecule has 97 heavy (non-hydrogen) atoms. The molecule has 16 aromatic carbocycles. The molecule has 0 amide bonds. The maximum absolute atomic E-state index is 5.71. The molecule has 0 saturated heterocycles. The number of benzene rings is 16. The Balaban J connectivity index is 0.919. The molecule has 0 aliphatic rings. The Labute approximate surface area is 563 Å². The molecule has 0 saturated carbocycles. The fourth-order valence-corrected chi connectivity index (χ4v) is 15.3. The van der Waals surface area contributed by atoms with Gasteiger partial charge >= 0.3 is 0 Å². The van der Waals surface area contributed by atoms with E-state index in [0.29, 0.717) is 0 Å². The normalized spacial score (nSPS) is 11.7. The van der Waals surface area contributed by atoms with E-state index in [0.717, 1.165) is 129 Å². The fourth-order valence-electron chi connectivity index (χ4n) is 15.3. The van der Waals surface area contributed by atoms with Crippen molar-refractivity contribution in [3.8, 4) is 27.9 Å². The van der Waals surface area contributed by atoms with Gasteiger partial charge in [-0.05, 0) is 223 Å². The maximum atomic E-state index is 5.71. The van der Waals surface area contributed by atoms with Crippen LogP contribution >= 0.6 is 0 Å². The number of nitrogens with zero attached hydrogens (tertiary/aromatic N) is 5. The van der Waals surface area contributed by atoms with Crippen LogP contribution in [0.25, 0.3) is 114 Å². The molecule has 0 fully saturated rings. The second-order valence-electron chi connectivity index (χ2n) is 25.7. The largest absolute Gasteiger partial charge is 0.310 e. The minimum atomic E-state index is 0.945. The maximum Gasteiger partial charge on any atom is 0.0541 e. The van der Waals surface area contributed by atoms with Gasteiger partial charge in [0.05, 0.1) is 11.0 Å². The molecule has 5 heteroatoms. The zero-order valence-corrected chi connectivity index (χ0v) is 54.1. The van der Waals surface area contributed by atoms with Crippen LogP contribution < -0.4 is 14.7 Å². The highest BCUT2D eigenvalue weighted by Crippen LogP contribution is 2.49. The molecule has 0 radical (unpaired) electrons. The van der Waals surface area contributed by atoms with E-state index in [4.69, 9.17) is 4.98 Å². The molecule has 5 nitrogen and oxygen atoms in total. The van der Waals surface area contributed by atoms with Gasteiger partial charge in [-0.25, -0.2) is 0 Å². The molecule has 2 aromatic heterocycles. The van der Waals surface area contributed by atoms with E-state index in [-0.39, 0.29) is 0 Å². The summed E-state index contributed by atoms with van der Waals surface area (Å²) in [7, 11) is 0. The van der Waals surface area contributed by atoms with Crippen LogP contribution in [0.15, 0.2) is 340 Å². The molecule has 0 atom stereocenters. The van der Waals surface area contributed by atoms with Gasteiger partial charge in [-0.15, -0.1) is 0 Å². The van der Waals surface area contributed by atoms with E-state index in [1.165, 1.54) is 53.9 Å². The molecule has 0 spiro atoms. The van der Waals surface area contributed by atoms with Gasteiger partial charge in [0.25, 0.3) is 0 Å². The van der Waals surface area contributed by atoms with Crippen molar-refractivity contribution in [3.05, 3.63) is 357 Å². The number of hydrogen-bond acceptors (Lipinski definition) is 4. The lowest BCUT2D eigenvalue weighted by Gasteiger charge is -2.31. The van der Waals surface area contributed by atoms with Crippen LogP contribution in [0.4, 0.5) is 51.2 Å². The number of hydrogen-bond donors (Lipinski definition) is 0. The van der Waals surface area contributed by atoms with E-state index in [1.807, 2.05) is 0 Å². The summed E-state index contributed by atoms with van der Waals surface area (Å²) in [4.78, 5) is 13.1. The number of para-hydroxylation sites is 2. The second-order valence-corrected chi connectivity index (χ2v) is 25.7. The Bertz CT molecular complexity index is 5700. The van der Waals surface area contributed by atoms with Crippen molar-refractivity contribution in [2.75, 3.05) is 14.7 Å². The first-order valence-corrected chi connectivity index (χ1v) is 33.4. The van der Waals surface area contributed by atoms with Crippen molar-refractivity contribution >= 4 is 138 Å². The molecular formula is C92H65N5. The highest BCUT2D eigenvalue weighted by Gasteiger charge is 2.26. The van der Waals surface area contributed by atoms with Gasteiger partial charge in [-0.1, -0.05) is 218 Å². The Morgan fingerprint density at radius 3 is 0.794 bits per heavy atom. The number of rotatable bonds is 12. The predicted octanol–water partition coefficient (Wildman–Crippen LogP) is 25.8. The van der Waals surface area contributed by atoms with E-state index in [2.05, 4.69) is 380 Å². The van der Waals surface area contributed by atoms with Gasteiger partial charge in [0.1, 0.15) is 0 Å². The van der Waals surface area contributed by atoms with Crippen LogP contribution in [-0.4, -0.2) is 9.55 Å². The fraction of sp³-hybridized carbons (Fsp3) is 0.0326. The van der Waals surface area contributed by atoms with Gasteiger partial charge in [0, 0.05) is 90.2 Å². The summed E-state index contributed by atoms with van der Waals surface area (Å²) in [6.45, 7) is 6.72. The topological polar surface area (TPSA) is 27.5 Å². The van der Waals surface area contributed by atoms with Crippen molar-refractivity contribution in [1.82, 2.24) is 9.55 Å². The Morgan fingerprint density at radius 2 is 0.485 bits per heavy atom. The second kappa shape index (κ2) is 23.5. The van der Waals surface area contributed by atoms with Gasteiger partial charge in [0.15, 0.2) is 0 Å². The molecular weight excluding hydrogens is 1180 g/mol. The van der Waals surface area contributed by atoms with Crippen molar-refractivity contribution in [2.45, 2.75) is 20.8 Å². The molecule has 458 valence electrons. The van der Waals surface area contributed by atoms with Crippen LogP contribution in [-0.2, 0) is 0 Å². The minimum absolute atomic E-state index is 0.945. The van der Waals surface area contributed by atoms with Crippen molar-refractivity contribution in [3.63, 3.8) is 0 Å². The zero-order valence-electron chi connectivity index (χ0n) is 54.1. The third-order valence-corrected chi connectivity index (χ3v) is 19.8. The van der Waals surface area contributed by atoms with Crippen LogP contribution in [0, 0.1) is 20.8 Å². The number of aromatic nitrogens is 2. The first-order valence-electron chi connectivity index (χ1n) is 33.4. The summed E-state index contributed by atoms with van der Waals surface area (Å²) in [5.74, 6) is 0. The lowest BCUT2D eigenvalue weighted by molar-refractivity contribution is 1.11. The Hall–Kier alpha value is -12.6. The number of aryl methyl sites for hydroxylation is 2. The van der Waals surface area contributed by atoms with Gasteiger partial charge < -0.3 is 19.3 Å². The van der Waals surface area contributed by atoms with Crippen LogP contribution in [0.3, 0.4) is 0 Å². The summed E-state index contributed by atoms with van der Waals surface area (Å²) in [5, 5.41) is 16.5. The molecule has 0 aliphatic carbocycles. The number of anilines is 9. The lowest BCUT2D eigenvalue weighted by Crippen LogP contribution is -2.14. The lowest BCUT2D eigenvalue weighted by atomic mass is 9.89. The molecule has 0 unspecified atom stereocenters. The zero-order chi connectivity index (χ0) is 64.7. The summed E-state index contributed by atoms with van der Waals surface area (Å²) >= 11 is 0. The SMILES string of the molecule is Cc1nc(C)c(-c2cc(N(c3ccc4ccccc4c3)c3ccc4ccccc4c3)cc(-n3c4ccccc4c4ccccc43)c2)c(C)c1-c1cc(N(c2ccc3ccccc3c2)c2ccc3ccccc3c2)cc(N(c2ccc3ccccc3c2)c2ccc3ccccc3c2)c1. The first kappa shape index (κ1) is 57.1.